The number of methoxy groups -OCH3 is 1. The Morgan fingerprint density at radius 3 is 2.62 bits per heavy atom. The van der Waals surface area contributed by atoms with Crippen LogP contribution in [0.4, 0.5) is 0 Å². The lowest BCUT2D eigenvalue weighted by Crippen LogP contribution is -2.07. The van der Waals surface area contributed by atoms with Crippen molar-refractivity contribution in [3.8, 4) is 5.75 Å². The number of aliphatic carboxylic acids is 1. The van der Waals surface area contributed by atoms with E-state index in [9.17, 15) is 4.79 Å². The molecule has 1 saturated carbocycles. The molecule has 1 aromatic carbocycles. The van der Waals surface area contributed by atoms with Crippen molar-refractivity contribution in [1.29, 1.82) is 0 Å². The molecular formula is C13H16O3. The monoisotopic (exact) mass is 220 g/mol. The zero-order valence-electron chi connectivity index (χ0n) is 9.56. The smallest absolute Gasteiger partial charge is 0.303 e. The predicted molar refractivity (Wildman–Crippen MR) is 60.7 cm³/mol. The standard InChI is InChI=1S/C13H16O3/c1-13(8-10(13)7-12(14)15)9-3-5-11(16-2)6-4-9/h3-6,10H,7-8H2,1-2H3,(H,14,15). The van der Waals surface area contributed by atoms with E-state index in [4.69, 9.17) is 9.84 Å². The summed E-state index contributed by atoms with van der Waals surface area (Å²) in [4.78, 5) is 10.6. The molecule has 0 aliphatic heterocycles. The van der Waals surface area contributed by atoms with Crippen LogP contribution < -0.4 is 4.74 Å². The zero-order valence-corrected chi connectivity index (χ0v) is 9.56. The third-order valence-corrected chi connectivity index (χ3v) is 3.58. The summed E-state index contributed by atoms with van der Waals surface area (Å²) in [7, 11) is 1.64. The molecule has 1 N–H and O–H groups in total. The summed E-state index contributed by atoms with van der Waals surface area (Å²) in [6.07, 6.45) is 1.23. The molecule has 0 radical (unpaired) electrons. The van der Waals surface area contributed by atoms with Crippen molar-refractivity contribution in [2.75, 3.05) is 7.11 Å². The highest BCUT2D eigenvalue weighted by Gasteiger charge is 2.51. The lowest BCUT2D eigenvalue weighted by molar-refractivity contribution is -0.137. The van der Waals surface area contributed by atoms with Crippen LogP contribution in [-0.4, -0.2) is 18.2 Å². The Morgan fingerprint density at radius 1 is 1.50 bits per heavy atom. The molecule has 2 atom stereocenters. The molecule has 0 amide bonds. The van der Waals surface area contributed by atoms with Crippen molar-refractivity contribution in [3.05, 3.63) is 29.8 Å². The molecule has 1 aromatic rings. The molecule has 0 aromatic heterocycles. The average Bonchev–Trinajstić information content (AvgIpc) is 2.90. The van der Waals surface area contributed by atoms with Gasteiger partial charge >= 0.3 is 5.97 Å². The number of rotatable bonds is 4. The molecule has 0 bridgehead atoms. The first-order valence-electron chi connectivity index (χ1n) is 5.42. The van der Waals surface area contributed by atoms with Crippen LogP contribution in [0.5, 0.6) is 5.75 Å². The molecule has 86 valence electrons. The molecule has 3 nitrogen and oxygen atoms in total. The lowest BCUT2D eigenvalue weighted by atomic mass is 9.94. The highest BCUT2D eigenvalue weighted by atomic mass is 16.5. The van der Waals surface area contributed by atoms with E-state index in [1.165, 1.54) is 5.56 Å². The number of ether oxygens (including phenoxy) is 1. The number of benzene rings is 1. The van der Waals surface area contributed by atoms with Crippen LogP contribution in [-0.2, 0) is 10.2 Å². The Balaban J connectivity index is 2.10. The van der Waals surface area contributed by atoms with Gasteiger partial charge in [0.25, 0.3) is 0 Å². The quantitative estimate of drug-likeness (QED) is 0.847. The molecule has 1 fully saturated rings. The van der Waals surface area contributed by atoms with Gasteiger partial charge in [-0.05, 0) is 35.4 Å². The van der Waals surface area contributed by atoms with Gasteiger partial charge in [-0.15, -0.1) is 0 Å². The highest BCUT2D eigenvalue weighted by molar-refractivity contribution is 5.68. The summed E-state index contributed by atoms with van der Waals surface area (Å²) in [5, 5.41) is 8.77. The Hall–Kier alpha value is -1.51. The second-order valence-corrected chi connectivity index (χ2v) is 4.64. The Labute approximate surface area is 95.0 Å². The number of carboxylic acids is 1. The first-order chi connectivity index (χ1) is 7.56. The van der Waals surface area contributed by atoms with Crippen LogP contribution in [0.15, 0.2) is 24.3 Å². The fraction of sp³-hybridized carbons (Fsp3) is 0.462. The summed E-state index contributed by atoms with van der Waals surface area (Å²) in [5.74, 6) is 0.406. The maximum Gasteiger partial charge on any atom is 0.303 e. The van der Waals surface area contributed by atoms with E-state index >= 15 is 0 Å². The second kappa shape index (κ2) is 3.81. The molecule has 1 aliphatic carbocycles. The van der Waals surface area contributed by atoms with Gasteiger partial charge in [0.05, 0.1) is 7.11 Å². The molecule has 0 spiro atoms. The first-order valence-corrected chi connectivity index (χ1v) is 5.42. The van der Waals surface area contributed by atoms with E-state index in [0.717, 1.165) is 12.2 Å². The fourth-order valence-corrected chi connectivity index (χ4v) is 2.29. The highest BCUT2D eigenvalue weighted by Crippen LogP contribution is 2.55. The molecule has 2 unspecified atom stereocenters. The van der Waals surface area contributed by atoms with Crippen molar-refractivity contribution in [3.63, 3.8) is 0 Å². The number of hydrogen-bond donors (Lipinski definition) is 1. The molecule has 3 heteroatoms. The first kappa shape index (κ1) is 11.0. The van der Waals surface area contributed by atoms with Crippen LogP contribution >= 0.6 is 0 Å². The van der Waals surface area contributed by atoms with Gasteiger partial charge < -0.3 is 9.84 Å². The summed E-state index contributed by atoms with van der Waals surface area (Å²) < 4.78 is 5.10. The summed E-state index contributed by atoms with van der Waals surface area (Å²) in [5.41, 5.74) is 1.25. The maximum atomic E-state index is 10.6. The predicted octanol–water partition coefficient (Wildman–Crippen LogP) is 2.45. The van der Waals surface area contributed by atoms with Gasteiger partial charge in [0.2, 0.25) is 0 Å². The average molecular weight is 220 g/mol. The molecule has 16 heavy (non-hydrogen) atoms. The van der Waals surface area contributed by atoms with Gasteiger partial charge in [-0.25, -0.2) is 0 Å². The molecule has 0 saturated heterocycles. The van der Waals surface area contributed by atoms with Crippen molar-refractivity contribution >= 4 is 5.97 Å². The van der Waals surface area contributed by atoms with Crippen molar-refractivity contribution in [1.82, 2.24) is 0 Å². The van der Waals surface area contributed by atoms with Gasteiger partial charge in [-0.2, -0.15) is 0 Å². The largest absolute Gasteiger partial charge is 0.497 e. The third kappa shape index (κ3) is 1.90. The minimum absolute atomic E-state index is 0.0463. The van der Waals surface area contributed by atoms with Gasteiger partial charge in [0.15, 0.2) is 0 Å². The minimum atomic E-state index is -0.706. The van der Waals surface area contributed by atoms with Crippen LogP contribution in [0.3, 0.4) is 0 Å². The SMILES string of the molecule is COc1ccc(C2(C)CC2CC(=O)O)cc1. The molecule has 2 rings (SSSR count). The normalized spacial score (nSPS) is 27.5. The molecule has 0 heterocycles. The van der Waals surface area contributed by atoms with Crippen LogP contribution in [0.25, 0.3) is 0 Å². The minimum Gasteiger partial charge on any atom is -0.497 e. The number of hydrogen-bond acceptors (Lipinski definition) is 2. The molecule has 1 aliphatic rings. The number of carboxylic acid groups (broad SMARTS) is 1. The molecular weight excluding hydrogens is 204 g/mol. The Kier molecular flexibility index (Phi) is 2.62. The summed E-state index contributed by atoms with van der Waals surface area (Å²) in [6.45, 7) is 2.13. The zero-order chi connectivity index (χ0) is 11.8. The van der Waals surface area contributed by atoms with E-state index in [2.05, 4.69) is 6.92 Å². The van der Waals surface area contributed by atoms with Crippen LogP contribution in [0.2, 0.25) is 0 Å². The van der Waals surface area contributed by atoms with E-state index in [1.807, 2.05) is 24.3 Å². The topological polar surface area (TPSA) is 46.5 Å². The van der Waals surface area contributed by atoms with E-state index in [0.29, 0.717) is 0 Å². The third-order valence-electron chi connectivity index (χ3n) is 3.58. The van der Waals surface area contributed by atoms with Gasteiger partial charge in [0, 0.05) is 6.42 Å². The van der Waals surface area contributed by atoms with Crippen LogP contribution in [0, 0.1) is 5.92 Å². The van der Waals surface area contributed by atoms with E-state index in [1.54, 1.807) is 7.11 Å². The van der Waals surface area contributed by atoms with Crippen molar-refractivity contribution in [2.45, 2.75) is 25.2 Å². The van der Waals surface area contributed by atoms with E-state index < -0.39 is 5.97 Å². The fourth-order valence-electron chi connectivity index (χ4n) is 2.29. The number of carbonyl (C=O) groups is 1. The van der Waals surface area contributed by atoms with E-state index in [-0.39, 0.29) is 17.8 Å². The van der Waals surface area contributed by atoms with Crippen molar-refractivity contribution in [2.24, 2.45) is 5.92 Å². The summed E-state index contributed by atoms with van der Waals surface area (Å²) in [6, 6.07) is 7.91. The van der Waals surface area contributed by atoms with Gasteiger partial charge in [-0.3, -0.25) is 4.79 Å². The van der Waals surface area contributed by atoms with Gasteiger partial charge in [-0.1, -0.05) is 19.1 Å². The lowest BCUT2D eigenvalue weighted by Gasteiger charge is -2.11. The summed E-state index contributed by atoms with van der Waals surface area (Å²) >= 11 is 0. The van der Waals surface area contributed by atoms with Crippen LogP contribution in [0.1, 0.15) is 25.3 Å². The maximum absolute atomic E-state index is 10.6. The van der Waals surface area contributed by atoms with Gasteiger partial charge in [0.1, 0.15) is 5.75 Å². The van der Waals surface area contributed by atoms with Crippen molar-refractivity contribution < 1.29 is 14.6 Å². The Bertz CT molecular complexity index is 396. The second-order valence-electron chi connectivity index (χ2n) is 4.64. The Morgan fingerprint density at radius 2 is 2.12 bits per heavy atom.